The van der Waals surface area contributed by atoms with Gasteiger partial charge in [0.25, 0.3) is 0 Å². The van der Waals surface area contributed by atoms with Crippen molar-refractivity contribution in [2.24, 2.45) is 11.7 Å². The van der Waals surface area contributed by atoms with Gasteiger partial charge in [-0.3, -0.25) is 0 Å². The predicted molar refractivity (Wildman–Crippen MR) is 81.3 cm³/mol. The van der Waals surface area contributed by atoms with E-state index < -0.39 is 0 Å². The molecular weight excluding hydrogens is 206 g/mol. The van der Waals surface area contributed by atoms with Crippen LogP contribution in [0.5, 0.6) is 0 Å². The number of allylic oxidation sites excluding steroid dienone is 2. The second kappa shape index (κ2) is 15.7. The second-order valence-corrected chi connectivity index (χ2v) is 4.89. The summed E-state index contributed by atoms with van der Waals surface area (Å²) >= 11 is 0. The Balaban J connectivity index is 0. The molecule has 0 aromatic heterocycles. The Morgan fingerprint density at radius 2 is 1.65 bits per heavy atom. The van der Waals surface area contributed by atoms with Crippen LogP contribution in [-0.4, -0.2) is 6.54 Å². The van der Waals surface area contributed by atoms with Crippen LogP contribution in [0.25, 0.3) is 0 Å². The Bertz CT molecular complexity index is 153. The molecule has 0 aromatic rings. The highest BCUT2D eigenvalue weighted by atomic mass is 14.5. The number of rotatable bonds is 3. The standard InChI is InChI=1S/C9H16.C4H10.C3H9N/c1-3-9-6-4-8(2)5-7-9;1-3-4-2;1-2-3-4/h4,9H,3,5-7H2,1-2H3;3-4H2,1-2H3;2-4H2,1H3. The van der Waals surface area contributed by atoms with Crippen molar-refractivity contribution in [3.05, 3.63) is 11.6 Å². The van der Waals surface area contributed by atoms with Crippen LogP contribution in [0.4, 0.5) is 0 Å². The molecule has 0 saturated heterocycles. The first-order valence-electron chi connectivity index (χ1n) is 7.51. The van der Waals surface area contributed by atoms with Crippen LogP contribution in [0.1, 0.15) is 79.6 Å². The van der Waals surface area contributed by atoms with E-state index in [9.17, 15) is 0 Å². The SMILES string of the molecule is CCC1CC=C(C)CC1.CCCC.CCCN. The normalized spacial score (nSPS) is 18.2. The molecule has 1 aliphatic carbocycles. The van der Waals surface area contributed by atoms with Gasteiger partial charge in [-0.15, -0.1) is 0 Å². The average molecular weight is 241 g/mol. The highest BCUT2D eigenvalue weighted by molar-refractivity contribution is 5.02. The highest BCUT2D eigenvalue weighted by Crippen LogP contribution is 2.24. The Hall–Kier alpha value is -0.300. The molecule has 0 fully saturated rings. The number of hydrogen-bond acceptors (Lipinski definition) is 1. The topological polar surface area (TPSA) is 26.0 Å². The van der Waals surface area contributed by atoms with E-state index >= 15 is 0 Å². The summed E-state index contributed by atoms with van der Waals surface area (Å²) in [4.78, 5) is 0. The molecule has 1 aliphatic rings. The lowest BCUT2D eigenvalue weighted by Crippen LogP contribution is -2.02. The second-order valence-electron chi connectivity index (χ2n) is 4.89. The van der Waals surface area contributed by atoms with Gasteiger partial charge in [0.15, 0.2) is 0 Å². The molecule has 0 aliphatic heterocycles. The van der Waals surface area contributed by atoms with E-state index in [2.05, 4.69) is 40.7 Å². The minimum Gasteiger partial charge on any atom is -0.330 e. The Labute approximate surface area is 110 Å². The third-order valence-electron chi connectivity index (χ3n) is 3.11. The molecule has 2 N–H and O–H groups in total. The van der Waals surface area contributed by atoms with Crippen LogP contribution < -0.4 is 5.73 Å². The fraction of sp³-hybridized carbons (Fsp3) is 0.875. The smallest absolute Gasteiger partial charge is 0.00799 e. The van der Waals surface area contributed by atoms with Gasteiger partial charge in [0, 0.05) is 0 Å². The Morgan fingerprint density at radius 1 is 1.12 bits per heavy atom. The number of unbranched alkanes of at least 4 members (excludes halogenated alkanes) is 1. The maximum atomic E-state index is 5.03. The quantitative estimate of drug-likeness (QED) is 0.666. The summed E-state index contributed by atoms with van der Waals surface area (Å²) in [6.07, 6.45) is 11.6. The maximum absolute atomic E-state index is 5.03. The Morgan fingerprint density at radius 3 is 1.88 bits per heavy atom. The zero-order valence-corrected chi connectivity index (χ0v) is 12.9. The summed E-state index contributed by atoms with van der Waals surface area (Å²) in [6.45, 7) is 11.8. The van der Waals surface area contributed by atoms with Gasteiger partial charge in [-0.25, -0.2) is 0 Å². The molecule has 1 nitrogen and oxygen atoms in total. The van der Waals surface area contributed by atoms with Crippen molar-refractivity contribution >= 4 is 0 Å². The van der Waals surface area contributed by atoms with Gasteiger partial charge in [-0.2, -0.15) is 0 Å². The third kappa shape index (κ3) is 15.7. The van der Waals surface area contributed by atoms with Gasteiger partial charge in [-0.05, 0) is 45.1 Å². The van der Waals surface area contributed by atoms with Gasteiger partial charge < -0.3 is 5.73 Å². The van der Waals surface area contributed by atoms with E-state index in [4.69, 9.17) is 5.73 Å². The zero-order chi connectivity index (χ0) is 13.5. The van der Waals surface area contributed by atoms with Crippen LogP contribution in [0.2, 0.25) is 0 Å². The van der Waals surface area contributed by atoms with Crippen molar-refractivity contribution < 1.29 is 0 Å². The molecule has 0 amide bonds. The minimum atomic E-state index is 0.819. The summed E-state index contributed by atoms with van der Waals surface area (Å²) < 4.78 is 0. The minimum absolute atomic E-state index is 0.819. The fourth-order valence-electron chi connectivity index (χ4n) is 1.39. The lowest BCUT2D eigenvalue weighted by molar-refractivity contribution is 0.456. The summed E-state index contributed by atoms with van der Waals surface area (Å²) in [5.74, 6) is 0.994. The Kier molecular flexibility index (Phi) is 17.6. The molecule has 0 bridgehead atoms. The molecule has 1 rings (SSSR count). The third-order valence-corrected chi connectivity index (χ3v) is 3.11. The van der Waals surface area contributed by atoms with Gasteiger partial charge in [0.05, 0.1) is 0 Å². The summed E-state index contributed by atoms with van der Waals surface area (Å²) in [5.41, 5.74) is 6.62. The summed E-state index contributed by atoms with van der Waals surface area (Å²) in [5, 5.41) is 0. The lowest BCUT2D eigenvalue weighted by Gasteiger charge is -2.17. The van der Waals surface area contributed by atoms with E-state index in [0.29, 0.717) is 0 Å². The van der Waals surface area contributed by atoms with Crippen molar-refractivity contribution in [2.75, 3.05) is 6.54 Å². The van der Waals surface area contributed by atoms with E-state index in [-0.39, 0.29) is 0 Å². The van der Waals surface area contributed by atoms with E-state index in [1.54, 1.807) is 5.57 Å². The lowest BCUT2D eigenvalue weighted by atomic mass is 9.89. The summed E-state index contributed by atoms with van der Waals surface area (Å²) in [7, 11) is 0. The van der Waals surface area contributed by atoms with Crippen molar-refractivity contribution in [1.29, 1.82) is 0 Å². The van der Waals surface area contributed by atoms with Crippen molar-refractivity contribution in [3.8, 4) is 0 Å². The van der Waals surface area contributed by atoms with Crippen LogP contribution in [0.3, 0.4) is 0 Å². The maximum Gasteiger partial charge on any atom is -0.00799 e. The van der Waals surface area contributed by atoms with Gasteiger partial charge >= 0.3 is 0 Å². The molecule has 0 saturated carbocycles. The summed E-state index contributed by atoms with van der Waals surface area (Å²) in [6, 6.07) is 0. The number of hydrogen-bond donors (Lipinski definition) is 1. The molecule has 17 heavy (non-hydrogen) atoms. The average Bonchev–Trinajstić information content (AvgIpc) is 2.40. The molecule has 1 atom stereocenters. The van der Waals surface area contributed by atoms with Gasteiger partial charge in [0.2, 0.25) is 0 Å². The van der Waals surface area contributed by atoms with E-state index in [1.165, 1.54) is 38.5 Å². The van der Waals surface area contributed by atoms with Crippen LogP contribution in [0, 0.1) is 5.92 Å². The zero-order valence-electron chi connectivity index (χ0n) is 12.9. The van der Waals surface area contributed by atoms with Gasteiger partial charge in [-0.1, -0.05) is 58.6 Å². The molecule has 104 valence electrons. The molecule has 0 spiro atoms. The molecule has 0 aromatic carbocycles. The van der Waals surface area contributed by atoms with E-state index in [1.807, 2.05) is 0 Å². The largest absolute Gasteiger partial charge is 0.330 e. The monoisotopic (exact) mass is 241 g/mol. The molecule has 1 heteroatoms. The fourth-order valence-corrected chi connectivity index (χ4v) is 1.39. The van der Waals surface area contributed by atoms with Crippen molar-refractivity contribution in [2.45, 2.75) is 79.6 Å². The van der Waals surface area contributed by atoms with E-state index in [0.717, 1.165) is 18.9 Å². The van der Waals surface area contributed by atoms with Crippen LogP contribution in [0.15, 0.2) is 11.6 Å². The first kappa shape index (κ1) is 19.0. The highest BCUT2D eigenvalue weighted by Gasteiger charge is 2.08. The number of nitrogens with two attached hydrogens (primary N) is 1. The van der Waals surface area contributed by atoms with Crippen molar-refractivity contribution in [3.63, 3.8) is 0 Å². The first-order chi connectivity index (χ1) is 8.15. The van der Waals surface area contributed by atoms with Crippen molar-refractivity contribution in [1.82, 2.24) is 0 Å². The molecule has 0 radical (unpaired) electrons. The van der Waals surface area contributed by atoms with Crippen LogP contribution in [-0.2, 0) is 0 Å². The predicted octanol–water partition coefficient (Wildman–Crippen LogP) is 5.30. The molecule has 0 heterocycles. The van der Waals surface area contributed by atoms with Crippen LogP contribution >= 0.6 is 0 Å². The van der Waals surface area contributed by atoms with Gasteiger partial charge in [0.1, 0.15) is 0 Å². The molecular formula is C16H35N. The molecule has 1 unspecified atom stereocenters. The first-order valence-corrected chi connectivity index (χ1v) is 7.51.